The molecule has 1 aliphatic rings. The van der Waals surface area contributed by atoms with E-state index >= 15 is 0 Å². The lowest BCUT2D eigenvalue weighted by Gasteiger charge is -2.39. The van der Waals surface area contributed by atoms with E-state index in [0.29, 0.717) is 5.92 Å². The molecule has 0 aliphatic carbocycles. The van der Waals surface area contributed by atoms with Crippen LogP contribution in [0, 0.1) is 6.92 Å². The van der Waals surface area contributed by atoms with Crippen LogP contribution >= 0.6 is 0 Å². The van der Waals surface area contributed by atoms with E-state index in [1.807, 2.05) is 0 Å². The molecular formula is C15H23N. The predicted molar refractivity (Wildman–Crippen MR) is 70.1 cm³/mol. The third-order valence-corrected chi connectivity index (χ3v) is 3.79. The van der Waals surface area contributed by atoms with Crippen LogP contribution in [-0.2, 0) is 0 Å². The molecule has 0 N–H and O–H groups in total. The zero-order valence-electron chi connectivity index (χ0n) is 11.0. The van der Waals surface area contributed by atoms with Crippen molar-refractivity contribution in [2.45, 2.75) is 39.5 Å². The van der Waals surface area contributed by atoms with Gasteiger partial charge in [-0.05, 0) is 36.1 Å². The first kappa shape index (κ1) is 11.7. The van der Waals surface area contributed by atoms with Gasteiger partial charge in [0.15, 0.2) is 0 Å². The lowest BCUT2D eigenvalue weighted by Crippen LogP contribution is -2.44. The Morgan fingerprint density at radius 2 is 2.00 bits per heavy atom. The first-order valence-corrected chi connectivity index (χ1v) is 6.44. The van der Waals surface area contributed by atoms with Gasteiger partial charge < -0.3 is 4.90 Å². The molecule has 2 rings (SSSR count). The zero-order valence-corrected chi connectivity index (χ0v) is 11.0. The highest BCUT2D eigenvalue weighted by Gasteiger charge is 2.26. The topological polar surface area (TPSA) is 3.24 Å². The van der Waals surface area contributed by atoms with Crippen LogP contribution in [0.2, 0.25) is 0 Å². The van der Waals surface area contributed by atoms with Crippen molar-refractivity contribution >= 4 is 0 Å². The summed E-state index contributed by atoms with van der Waals surface area (Å²) in [5.41, 5.74) is 4.49. The molecule has 1 aliphatic heterocycles. The van der Waals surface area contributed by atoms with Crippen molar-refractivity contribution in [3.8, 4) is 0 Å². The van der Waals surface area contributed by atoms with Crippen molar-refractivity contribution in [3.05, 3.63) is 34.9 Å². The maximum atomic E-state index is 2.50. The van der Waals surface area contributed by atoms with Crippen molar-refractivity contribution in [1.82, 2.24) is 4.90 Å². The Balaban J connectivity index is 2.10. The Kier molecular flexibility index (Phi) is 3.34. The van der Waals surface area contributed by atoms with Crippen LogP contribution in [0.3, 0.4) is 0 Å². The Morgan fingerprint density at radius 3 is 2.50 bits per heavy atom. The molecular weight excluding hydrogens is 194 g/mol. The fourth-order valence-electron chi connectivity index (χ4n) is 2.64. The number of rotatable bonds is 3. The summed E-state index contributed by atoms with van der Waals surface area (Å²) in [7, 11) is 0. The normalized spacial score (nSPS) is 17.8. The number of hydrogen-bond donors (Lipinski definition) is 0. The van der Waals surface area contributed by atoms with E-state index in [1.54, 1.807) is 0 Å². The molecule has 0 unspecified atom stereocenters. The summed E-state index contributed by atoms with van der Waals surface area (Å²) in [5, 5.41) is 0. The number of aryl methyl sites for hydroxylation is 1. The second-order valence-corrected chi connectivity index (χ2v) is 5.32. The summed E-state index contributed by atoms with van der Waals surface area (Å²) in [5.74, 6) is 1.42. The van der Waals surface area contributed by atoms with E-state index in [1.165, 1.54) is 36.3 Å². The molecule has 88 valence electrons. The molecule has 1 fully saturated rings. The standard InChI is InChI=1S/C15H23N/c1-5-16-9-14(10-16)13-6-7-15(11(2)3)12(4)8-13/h6-8,11,14H,5,9-10H2,1-4H3. The molecule has 0 amide bonds. The quantitative estimate of drug-likeness (QED) is 0.748. The molecule has 1 saturated heterocycles. The summed E-state index contributed by atoms with van der Waals surface area (Å²) in [6.07, 6.45) is 0. The van der Waals surface area contributed by atoms with Gasteiger partial charge in [-0.3, -0.25) is 0 Å². The third-order valence-electron chi connectivity index (χ3n) is 3.79. The van der Waals surface area contributed by atoms with Gasteiger partial charge in [0.2, 0.25) is 0 Å². The van der Waals surface area contributed by atoms with Crippen molar-refractivity contribution in [2.24, 2.45) is 0 Å². The molecule has 1 aromatic carbocycles. The zero-order chi connectivity index (χ0) is 11.7. The maximum absolute atomic E-state index is 2.50. The second kappa shape index (κ2) is 4.58. The lowest BCUT2D eigenvalue weighted by atomic mass is 9.87. The average molecular weight is 217 g/mol. The Labute approximate surface area is 99.5 Å². The molecule has 0 saturated carbocycles. The number of hydrogen-bond acceptors (Lipinski definition) is 1. The van der Waals surface area contributed by atoms with Crippen LogP contribution in [0.5, 0.6) is 0 Å². The third kappa shape index (κ3) is 2.15. The largest absolute Gasteiger partial charge is 0.302 e. The Bertz CT molecular complexity index is 362. The van der Waals surface area contributed by atoms with E-state index in [2.05, 4.69) is 50.8 Å². The minimum Gasteiger partial charge on any atom is -0.302 e. The molecule has 1 heterocycles. The molecule has 1 heteroatoms. The predicted octanol–water partition coefficient (Wildman–Crippen LogP) is 3.54. The molecule has 0 aromatic heterocycles. The monoisotopic (exact) mass is 217 g/mol. The fraction of sp³-hybridized carbons (Fsp3) is 0.600. The second-order valence-electron chi connectivity index (χ2n) is 5.32. The summed E-state index contributed by atoms with van der Waals surface area (Å²) in [6.45, 7) is 12.7. The summed E-state index contributed by atoms with van der Waals surface area (Å²) in [4.78, 5) is 2.50. The fourth-order valence-corrected chi connectivity index (χ4v) is 2.64. The number of nitrogens with zero attached hydrogens (tertiary/aromatic N) is 1. The smallest absolute Gasteiger partial charge is 0.00937 e. The van der Waals surface area contributed by atoms with Gasteiger partial charge in [-0.25, -0.2) is 0 Å². The molecule has 0 bridgehead atoms. The first-order chi connectivity index (χ1) is 7.61. The van der Waals surface area contributed by atoms with Crippen LogP contribution in [0.15, 0.2) is 18.2 Å². The van der Waals surface area contributed by atoms with E-state index in [-0.39, 0.29) is 0 Å². The lowest BCUT2D eigenvalue weighted by molar-refractivity contribution is 0.157. The van der Waals surface area contributed by atoms with Gasteiger partial charge in [-0.15, -0.1) is 0 Å². The van der Waals surface area contributed by atoms with Crippen molar-refractivity contribution in [2.75, 3.05) is 19.6 Å². The molecule has 0 radical (unpaired) electrons. The highest BCUT2D eigenvalue weighted by atomic mass is 15.2. The van der Waals surface area contributed by atoms with E-state index < -0.39 is 0 Å². The Hall–Kier alpha value is -0.820. The van der Waals surface area contributed by atoms with Crippen LogP contribution in [0.25, 0.3) is 0 Å². The minimum absolute atomic E-state index is 0.641. The SMILES string of the molecule is CCN1CC(c2ccc(C(C)C)c(C)c2)C1. The first-order valence-electron chi connectivity index (χ1n) is 6.44. The number of benzene rings is 1. The molecule has 16 heavy (non-hydrogen) atoms. The highest BCUT2D eigenvalue weighted by molar-refractivity contribution is 5.35. The van der Waals surface area contributed by atoms with Gasteiger partial charge in [0, 0.05) is 19.0 Å². The van der Waals surface area contributed by atoms with Crippen LogP contribution < -0.4 is 0 Å². The van der Waals surface area contributed by atoms with E-state index in [9.17, 15) is 0 Å². The van der Waals surface area contributed by atoms with Crippen molar-refractivity contribution < 1.29 is 0 Å². The van der Waals surface area contributed by atoms with Gasteiger partial charge in [0.05, 0.1) is 0 Å². The maximum Gasteiger partial charge on any atom is 0.00937 e. The summed E-state index contributed by atoms with van der Waals surface area (Å²) in [6, 6.07) is 7.05. The average Bonchev–Trinajstić information content (AvgIpc) is 2.15. The molecule has 1 aromatic rings. The van der Waals surface area contributed by atoms with Gasteiger partial charge in [0.1, 0.15) is 0 Å². The minimum atomic E-state index is 0.641. The van der Waals surface area contributed by atoms with Gasteiger partial charge in [-0.1, -0.05) is 39.0 Å². The number of likely N-dealkylation sites (N-methyl/N-ethyl adjacent to an activating group) is 1. The number of likely N-dealkylation sites (tertiary alicyclic amines) is 1. The van der Waals surface area contributed by atoms with Crippen molar-refractivity contribution in [1.29, 1.82) is 0 Å². The van der Waals surface area contributed by atoms with Gasteiger partial charge in [-0.2, -0.15) is 0 Å². The van der Waals surface area contributed by atoms with E-state index in [0.717, 1.165) is 5.92 Å². The summed E-state index contributed by atoms with van der Waals surface area (Å²) >= 11 is 0. The summed E-state index contributed by atoms with van der Waals surface area (Å²) < 4.78 is 0. The van der Waals surface area contributed by atoms with Crippen molar-refractivity contribution in [3.63, 3.8) is 0 Å². The van der Waals surface area contributed by atoms with E-state index in [4.69, 9.17) is 0 Å². The highest BCUT2D eigenvalue weighted by Crippen LogP contribution is 2.29. The van der Waals surface area contributed by atoms with Crippen LogP contribution in [0.1, 0.15) is 49.3 Å². The van der Waals surface area contributed by atoms with Gasteiger partial charge in [0.25, 0.3) is 0 Å². The molecule has 1 nitrogen and oxygen atoms in total. The van der Waals surface area contributed by atoms with Gasteiger partial charge >= 0.3 is 0 Å². The molecule has 0 spiro atoms. The Morgan fingerprint density at radius 1 is 1.31 bits per heavy atom. The molecule has 0 atom stereocenters. The van der Waals surface area contributed by atoms with Crippen LogP contribution in [-0.4, -0.2) is 24.5 Å². The van der Waals surface area contributed by atoms with Crippen LogP contribution in [0.4, 0.5) is 0 Å².